The van der Waals surface area contributed by atoms with Gasteiger partial charge in [-0.3, -0.25) is 0 Å². The van der Waals surface area contributed by atoms with E-state index in [9.17, 15) is 0 Å². The molecule has 0 aliphatic carbocycles. The van der Waals surface area contributed by atoms with Crippen molar-refractivity contribution in [1.82, 2.24) is 0 Å². The number of rotatable bonds is 8. The molecule has 0 nitrogen and oxygen atoms in total. The molecule has 0 N–H and O–H groups in total. The van der Waals surface area contributed by atoms with E-state index >= 15 is 0 Å². The lowest BCUT2D eigenvalue weighted by Gasteiger charge is -2.12. The Bertz CT molecular complexity index is 83.9. The normalized spacial score (nSPS) is 13.2. The molecule has 0 saturated carbocycles. The molecule has 74 valence electrons. The highest BCUT2D eigenvalue weighted by Crippen LogP contribution is 2.20. The van der Waals surface area contributed by atoms with E-state index in [0.717, 1.165) is 5.25 Å². The maximum Gasteiger partial charge on any atom is 0.0135 e. The van der Waals surface area contributed by atoms with Crippen molar-refractivity contribution in [1.29, 1.82) is 0 Å². The first-order valence-corrected chi connectivity index (χ1v) is 7.24. The first-order chi connectivity index (χ1) is 5.85. The molecule has 0 saturated heterocycles. The Morgan fingerprint density at radius 3 is 2.17 bits per heavy atom. The summed E-state index contributed by atoms with van der Waals surface area (Å²) in [5.41, 5.74) is 0. The number of thioether (sulfide) groups is 2. The van der Waals surface area contributed by atoms with Crippen LogP contribution in [0.25, 0.3) is 0 Å². The van der Waals surface area contributed by atoms with Crippen LogP contribution in [-0.2, 0) is 0 Å². The van der Waals surface area contributed by atoms with Crippen molar-refractivity contribution in [2.45, 2.75) is 45.3 Å². The highest BCUT2D eigenvalue weighted by Gasteiger charge is 2.04. The fraction of sp³-hybridized carbons (Fsp3) is 1.00. The van der Waals surface area contributed by atoms with E-state index in [-0.39, 0.29) is 0 Å². The smallest absolute Gasteiger partial charge is 0.0135 e. The average molecular weight is 206 g/mol. The topological polar surface area (TPSA) is 0 Å². The standard InChI is InChI=1S/C10H22S2/c1-4-7-11-9-10(6-3)12-8-5-2/h10H,4-9H2,1-3H3. The Hall–Kier alpha value is 0.700. The summed E-state index contributed by atoms with van der Waals surface area (Å²) in [5, 5.41) is 0.904. The van der Waals surface area contributed by atoms with Gasteiger partial charge in [0.1, 0.15) is 0 Å². The van der Waals surface area contributed by atoms with E-state index in [4.69, 9.17) is 0 Å². The molecule has 0 amide bonds. The predicted molar refractivity (Wildman–Crippen MR) is 64.4 cm³/mol. The van der Waals surface area contributed by atoms with Crippen molar-refractivity contribution in [2.24, 2.45) is 0 Å². The van der Waals surface area contributed by atoms with Gasteiger partial charge in [0.25, 0.3) is 0 Å². The van der Waals surface area contributed by atoms with Crippen LogP contribution in [0.4, 0.5) is 0 Å². The number of hydrogen-bond acceptors (Lipinski definition) is 2. The molecule has 0 bridgehead atoms. The third-order valence-electron chi connectivity index (χ3n) is 1.67. The summed E-state index contributed by atoms with van der Waals surface area (Å²) < 4.78 is 0. The molecule has 0 aromatic heterocycles. The van der Waals surface area contributed by atoms with Gasteiger partial charge in [0.05, 0.1) is 0 Å². The minimum absolute atomic E-state index is 0.904. The van der Waals surface area contributed by atoms with Crippen LogP contribution in [0, 0.1) is 0 Å². The van der Waals surface area contributed by atoms with Crippen molar-refractivity contribution in [3.8, 4) is 0 Å². The minimum atomic E-state index is 0.904. The van der Waals surface area contributed by atoms with Gasteiger partial charge in [-0.15, -0.1) is 0 Å². The van der Waals surface area contributed by atoms with Crippen LogP contribution in [0.3, 0.4) is 0 Å². The molecule has 1 atom stereocenters. The van der Waals surface area contributed by atoms with Crippen molar-refractivity contribution in [3.63, 3.8) is 0 Å². The molecule has 0 spiro atoms. The molecule has 0 aliphatic heterocycles. The Morgan fingerprint density at radius 2 is 1.67 bits per heavy atom. The fourth-order valence-electron chi connectivity index (χ4n) is 0.927. The molecule has 0 radical (unpaired) electrons. The van der Waals surface area contributed by atoms with Crippen LogP contribution in [-0.4, -0.2) is 22.5 Å². The van der Waals surface area contributed by atoms with Gasteiger partial charge in [0.15, 0.2) is 0 Å². The molecular weight excluding hydrogens is 184 g/mol. The maximum absolute atomic E-state index is 2.31. The van der Waals surface area contributed by atoms with Crippen molar-refractivity contribution in [3.05, 3.63) is 0 Å². The maximum atomic E-state index is 2.31. The summed E-state index contributed by atoms with van der Waals surface area (Å²) in [7, 11) is 0. The van der Waals surface area contributed by atoms with Gasteiger partial charge < -0.3 is 0 Å². The molecule has 0 aromatic carbocycles. The van der Waals surface area contributed by atoms with Gasteiger partial charge in [-0.05, 0) is 30.8 Å². The van der Waals surface area contributed by atoms with E-state index < -0.39 is 0 Å². The summed E-state index contributed by atoms with van der Waals surface area (Å²) in [4.78, 5) is 0. The van der Waals surface area contributed by atoms with Gasteiger partial charge in [-0.25, -0.2) is 0 Å². The second-order valence-corrected chi connectivity index (χ2v) is 5.53. The van der Waals surface area contributed by atoms with E-state index in [1.165, 1.54) is 36.5 Å². The third kappa shape index (κ3) is 7.35. The largest absolute Gasteiger partial charge is 0.161 e. The van der Waals surface area contributed by atoms with E-state index in [1.807, 2.05) is 0 Å². The second kappa shape index (κ2) is 9.79. The summed E-state index contributed by atoms with van der Waals surface area (Å²) in [6.45, 7) is 6.83. The number of hydrogen-bond donors (Lipinski definition) is 0. The highest BCUT2D eigenvalue weighted by atomic mass is 32.2. The van der Waals surface area contributed by atoms with Crippen LogP contribution < -0.4 is 0 Å². The summed E-state index contributed by atoms with van der Waals surface area (Å²) in [6.07, 6.45) is 3.97. The molecule has 0 rings (SSSR count). The third-order valence-corrected chi connectivity index (χ3v) is 4.83. The van der Waals surface area contributed by atoms with Crippen LogP contribution >= 0.6 is 23.5 Å². The first-order valence-electron chi connectivity index (χ1n) is 5.04. The van der Waals surface area contributed by atoms with E-state index in [1.54, 1.807) is 0 Å². The molecule has 0 heterocycles. The Kier molecular flexibility index (Phi) is 10.4. The lowest BCUT2D eigenvalue weighted by atomic mass is 10.4. The Morgan fingerprint density at radius 1 is 1.00 bits per heavy atom. The van der Waals surface area contributed by atoms with Crippen molar-refractivity contribution < 1.29 is 0 Å². The van der Waals surface area contributed by atoms with Gasteiger partial charge in [-0.1, -0.05) is 20.8 Å². The monoisotopic (exact) mass is 206 g/mol. The highest BCUT2D eigenvalue weighted by molar-refractivity contribution is 8.03. The zero-order valence-corrected chi connectivity index (χ0v) is 10.3. The molecule has 2 heteroatoms. The zero-order valence-electron chi connectivity index (χ0n) is 8.64. The van der Waals surface area contributed by atoms with E-state index in [0.29, 0.717) is 0 Å². The van der Waals surface area contributed by atoms with E-state index in [2.05, 4.69) is 44.3 Å². The molecule has 12 heavy (non-hydrogen) atoms. The fourth-order valence-corrected chi connectivity index (χ4v) is 3.36. The summed E-state index contributed by atoms with van der Waals surface area (Å²) in [6, 6.07) is 0. The summed E-state index contributed by atoms with van der Waals surface area (Å²) in [5.74, 6) is 4.03. The van der Waals surface area contributed by atoms with Crippen LogP contribution in [0.15, 0.2) is 0 Å². The summed E-state index contributed by atoms with van der Waals surface area (Å²) >= 11 is 4.27. The molecule has 1 unspecified atom stereocenters. The van der Waals surface area contributed by atoms with Gasteiger partial charge in [-0.2, -0.15) is 23.5 Å². The zero-order chi connectivity index (χ0) is 9.23. The van der Waals surface area contributed by atoms with Gasteiger partial charge in [0.2, 0.25) is 0 Å². The van der Waals surface area contributed by atoms with Crippen LogP contribution in [0.1, 0.15) is 40.0 Å². The Balaban J connectivity index is 3.26. The minimum Gasteiger partial charge on any atom is -0.161 e. The first kappa shape index (κ1) is 12.7. The van der Waals surface area contributed by atoms with Crippen LogP contribution in [0.5, 0.6) is 0 Å². The second-order valence-electron chi connectivity index (χ2n) is 2.98. The molecule has 0 fully saturated rings. The van der Waals surface area contributed by atoms with Crippen molar-refractivity contribution >= 4 is 23.5 Å². The van der Waals surface area contributed by atoms with Crippen LogP contribution in [0.2, 0.25) is 0 Å². The lowest BCUT2D eigenvalue weighted by Crippen LogP contribution is -2.05. The van der Waals surface area contributed by atoms with Gasteiger partial charge >= 0.3 is 0 Å². The average Bonchev–Trinajstić information content (AvgIpc) is 2.11. The lowest BCUT2D eigenvalue weighted by molar-refractivity contribution is 0.910. The van der Waals surface area contributed by atoms with Crippen molar-refractivity contribution in [2.75, 3.05) is 17.3 Å². The predicted octanol–water partition coefficient (Wildman–Crippen LogP) is 4.05. The van der Waals surface area contributed by atoms with Gasteiger partial charge in [0, 0.05) is 11.0 Å². The molecule has 0 aliphatic rings. The molecule has 0 aromatic rings. The SMILES string of the molecule is CCCSCC(CC)SCCC. The quantitative estimate of drug-likeness (QED) is 0.550. The molecular formula is C10H22S2. The Labute approximate surface area is 86.3 Å².